The van der Waals surface area contributed by atoms with Crippen molar-refractivity contribution >= 4 is 5.91 Å². The maximum atomic E-state index is 13.7. The van der Waals surface area contributed by atoms with Crippen LogP contribution in [-0.4, -0.2) is 49.2 Å². The molecule has 2 aliphatic rings. The van der Waals surface area contributed by atoms with Crippen LogP contribution in [0.1, 0.15) is 58.0 Å². The first-order valence-corrected chi connectivity index (χ1v) is 12.4. The Balaban J connectivity index is 1.33. The van der Waals surface area contributed by atoms with E-state index in [1.54, 1.807) is 24.2 Å². The van der Waals surface area contributed by atoms with E-state index in [-0.39, 0.29) is 11.9 Å². The standard InChI is InChI=1S/C28H28N6O2/c1-18-24(27(35)33-13-4-3-7-25(33)20-6-5-12-29-15-20)17-31-34(18)28-30-16-21-9-8-19-14-22(36-2)10-11-23(19)26(21)32-28/h5-6,10-12,14-17,25H,3-4,7-9,13H2,1-2H3. The number of hydrogen-bond acceptors (Lipinski definition) is 6. The summed E-state index contributed by atoms with van der Waals surface area (Å²) in [7, 11) is 1.68. The van der Waals surface area contributed by atoms with E-state index in [2.05, 4.69) is 27.2 Å². The molecule has 4 heterocycles. The van der Waals surface area contributed by atoms with Gasteiger partial charge in [-0.05, 0) is 80.0 Å². The molecule has 1 atom stereocenters. The minimum atomic E-state index is -0.0114. The number of aromatic nitrogens is 5. The van der Waals surface area contributed by atoms with Crippen LogP contribution in [0.15, 0.2) is 55.1 Å². The van der Waals surface area contributed by atoms with Crippen LogP contribution in [0.4, 0.5) is 0 Å². The van der Waals surface area contributed by atoms with E-state index in [1.807, 2.05) is 42.4 Å². The molecule has 182 valence electrons. The van der Waals surface area contributed by atoms with E-state index in [0.717, 1.165) is 72.5 Å². The third-order valence-electron chi connectivity index (χ3n) is 7.35. The first kappa shape index (κ1) is 22.4. The summed E-state index contributed by atoms with van der Waals surface area (Å²) in [5.41, 5.74) is 6.73. The van der Waals surface area contributed by atoms with E-state index >= 15 is 0 Å². The van der Waals surface area contributed by atoms with Gasteiger partial charge < -0.3 is 9.64 Å². The molecule has 8 nitrogen and oxygen atoms in total. The highest BCUT2D eigenvalue weighted by molar-refractivity contribution is 5.95. The summed E-state index contributed by atoms with van der Waals surface area (Å²) in [5, 5.41) is 4.54. The quantitative estimate of drug-likeness (QED) is 0.427. The predicted octanol–water partition coefficient (Wildman–Crippen LogP) is 4.51. The Hall–Kier alpha value is -4.07. The van der Waals surface area contributed by atoms with Crippen LogP contribution in [0.2, 0.25) is 0 Å². The Kier molecular flexibility index (Phi) is 5.71. The van der Waals surface area contributed by atoms with E-state index in [1.165, 1.54) is 5.56 Å². The van der Waals surface area contributed by atoms with E-state index < -0.39 is 0 Å². The van der Waals surface area contributed by atoms with Crippen molar-refractivity contribution in [1.29, 1.82) is 0 Å². The van der Waals surface area contributed by atoms with E-state index in [0.29, 0.717) is 11.5 Å². The summed E-state index contributed by atoms with van der Waals surface area (Å²) < 4.78 is 7.08. The summed E-state index contributed by atoms with van der Waals surface area (Å²) >= 11 is 0. The number of nitrogens with zero attached hydrogens (tertiary/aromatic N) is 6. The zero-order valence-electron chi connectivity index (χ0n) is 20.5. The highest BCUT2D eigenvalue weighted by Crippen LogP contribution is 2.35. The number of amides is 1. The van der Waals surface area contributed by atoms with Crippen molar-refractivity contribution in [2.45, 2.75) is 45.1 Å². The average molecular weight is 481 g/mol. The van der Waals surface area contributed by atoms with Gasteiger partial charge in [0.15, 0.2) is 0 Å². The van der Waals surface area contributed by atoms with Gasteiger partial charge in [-0.15, -0.1) is 0 Å². The fraction of sp³-hybridized carbons (Fsp3) is 0.321. The van der Waals surface area contributed by atoms with Crippen molar-refractivity contribution in [2.24, 2.45) is 0 Å². The van der Waals surface area contributed by atoms with Gasteiger partial charge in [-0.1, -0.05) is 6.07 Å². The number of methoxy groups -OCH3 is 1. The van der Waals surface area contributed by atoms with Gasteiger partial charge >= 0.3 is 0 Å². The molecule has 1 aliphatic heterocycles. The highest BCUT2D eigenvalue weighted by atomic mass is 16.5. The zero-order valence-corrected chi connectivity index (χ0v) is 20.5. The number of hydrogen-bond donors (Lipinski definition) is 0. The number of benzene rings is 1. The summed E-state index contributed by atoms with van der Waals surface area (Å²) in [5.74, 6) is 1.30. The smallest absolute Gasteiger partial charge is 0.257 e. The van der Waals surface area contributed by atoms with Crippen molar-refractivity contribution in [3.05, 3.63) is 83.1 Å². The Bertz CT molecular complexity index is 1430. The van der Waals surface area contributed by atoms with Crippen LogP contribution in [0.25, 0.3) is 17.2 Å². The molecule has 0 bridgehead atoms. The Morgan fingerprint density at radius 2 is 1.97 bits per heavy atom. The molecular weight excluding hydrogens is 452 g/mol. The van der Waals surface area contributed by atoms with Crippen molar-refractivity contribution in [3.8, 4) is 23.0 Å². The number of carbonyl (C=O) groups is 1. The van der Waals surface area contributed by atoms with Crippen LogP contribution < -0.4 is 4.74 Å². The number of fused-ring (bicyclic) bond motifs is 3. The van der Waals surface area contributed by atoms with Crippen LogP contribution in [-0.2, 0) is 12.8 Å². The Labute approximate surface area is 210 Å². The average Bonchev–Trinajstić information content (AvgIpc) is 3.33. The van der Waals surface area contributed by atoms with Crippen molar-refractivity contribution in [2.75, 3.05) is 13.7 Å². The molecule has 3 aromatic heterocycles. The van der Waals surface area contributed by atoms with Crippen LogP contribution >= 0.6 is 0 Å². The normalized spacial score (nSPS) is 16.8. The second-order valence-corrected chi connectivity index (χ2v) is 9.42. The second-order valence-electron chi connectivity index (χ2n) is 9.42. The molecule has 36 heavy (non-hydrogen) atoms. The lowest BCUT2D eigenvalue weighted by Gasteiger charge is -2.35. The van der Waals surface area contributed by atoms with Crippen molar-refractivity contribution in [1.82, 2.24) is 29.6 Å². The molecule has 6 rings (SSSR count). The lowest BCUT2D eigenvalue weighted by Crippen LogP contribution is -2.38. The topological polar surface area (TPSA) is 86.0 Å². The van der Waals surface area contributed by atoms with Gasteiger partial charge in [0.25, 0.3) is 11.9 Å². The number of pyridine rings is 1. The minimum absolute atomic E-state index is 0.0114. The van der Waals surface area contributed by atoms with Gasteiger partial charge in [-0.3, -0.25) is 9.78 Å². The highest BCUT2D eigenvalue weighted by Gasteiger charge is 2.31. The Morgan fingerprint density at radius 1 is 1.08 bits per heavy atom. The van der Waals surface area contributed by atoms with Crippen LogP contribution in [0.3, 0.4) is 0 Å². The SMILES string of the molecule is COc1ccc2c(c1)CCc1cnc(-n3ncc(C(=O)N4CCCCC4c4cccnc4)c3C)nc1-2. The third-order valence-corrected chi connectivity index (χ3v) is 7.35. The van der Waals surface area contributed by atoms with Crippen LogP contribution in [0.5, 0.6) is 5.75 Å². The summed E-state index contributed by atoms with van der Waals surface area (Å²) in [6.07, 6.45) is 12.0. The molecule has 4 aromatic rings. The van der Waals surface area contributed by atoms with Gasteiger partial charge in [-0.2, -0.15) is 5.10 Å². The minimum Gasteiger partial charge on any atom is -0.497 e. The van der Waals surface area contributed by atoms with Crippen molar-refractivity contribution in [3.63, 3.8) is 0 Å². The molecule has 0 saturated carbocycles. The zero-order chi connectivity index (χ0) is 24.6. The molecule has 1 fully saturated rings. The molecule has 1 amide bonds. The van der Waals surface area contributed by atoms with Gasteiger partial charge in [0.05, 0.1) is 36.3 Å². The maximum Gasteiger partial charge on any atom is 0.257 e. The first-order chi connectivity index (χ1) is 17.6. The van der Waals surface area contributed by atoms with Gasteiger partial charge in [0.2, 0.25) is 0 Å². The number of piperidine rings is 1. The predicted molar refractivity (Wildman–Crippen MR) is 135 cm³/mol. The molecule has 0 radical (unpaired) electrons. The Morgan fingerprint density at radius 3 is 2.81 bits per heavy atom. The van der Waals surface area contributed by atoms with E-state index in [9.17, 15) is 4.79 Å². The summed E-state index contributed by atoms with van der Waals surface area (Å²) in [6.45, 7) is 2.63. The number of aryl methyl sites for hydroxylation is 2. The fourth-order valence-corrected chi connectivity index (χ4v) is 5.39. The molecule has 1 unspecified atom stereocenters. The molecular formula is C28H28N6O2. The molecule has 8 heteroatoms. The fourth-order valence-electron chi connectivity index (χ4n) is 5.39. The number of likely N-dealkylation sites (tertiary alicyclic amines) is 1. The number of ether oxygens (including phenoxy) is 1. The summed E-state index contributed by atoms with van der Waals surface area (Å²) in [6, 6.07) is 10.1. The first-order valence-electron chi connectivity index (χ1n) is 12.4. The lowest BCUT2D eigenvalue weighted by atomic mass is 9.90. The van der Waals surface area contributed by atoms with E-state index in [4.69, 9.17) is 9.72 Å². The van der Waals surface area contributed by atoms with Gasteiger partial charge in [-0.25, -0.2) is 14.6 Å². The molecule has 1 aliphatic carbocycles. The molecule has 1 aromatic carbocycles. The number of carbonyl (C=O) groups excluding carboxylic acids is 1. The molecule has 1 saturated heterocycles. The maximum absolute atomic E-state index is 13.7. The lowest BCUT2D eigenvalue weighted by molar-refractivity contribution is 0.0610. The third kappa shape index (κ3) is 3.82. The summed E-state index contributed by atoms with van der Waals surface area (Å²) in [4.78, 5) is 29.5. The van der Waals surface area contributed by atoms with Crippen molar-refractivity contribution < 1.29 is 9.53 Å². The molecule has 0 spiro atoms. The van der Waals surface area contributed by atoms with Gasteiger partial charge in [0.1, 0.15) is 5.75 Å². The number of rotatable bonds is 4. The largest absolute Gasteiger partial charge is 0.497 e. The van der Waals surface area contributed by atoms with Crippen LogP contribution in [0, 0.1) is 6.92 Å². The van der Waals surface area contributed by atoms with Gasteiger partial charge in [0, 0.05) is 30.7 Å². The monoisotopic (exact) mass is 480 g/mol. The molecule has 0 N–H and O–H groups in total. The second kappa shape index (κ2) is 9.18.